The molecule has 0 saturated carbocycles. The van der Waals surface area contributed by atoms with E-state index in [1.54, 1.807) is 7.05 Å². The number of nitrogens with one attached hydrogen (secondary N) is 1. The second kappa shape index (κ2) is 12.4. The lowest BCUT2D eigenvalue weighted by Crippen LogP contribution is -2.34. The number of hydrogen-bond donors (Lipinski definition) is 2. The van der Waals surface area contributed by atoms with Crippen LogP contribution < -0.4 is 16.0 Å². The first-order chi connectivity index (χ1) is 15.7. The van der Waals surface area contributed by atoms with Crippen molar-refractivity contribution in [2.45, 2.75) is 72.8 Å². The average Bonchev–Trinajstić information content (AvgIpc) is 2.79. The minimum absolute atomic E-state index is 0.286. The molecule has 2 aromatic rings. The lowest BCUT2D eigenvalue weighted by atomic mass is 9.85. The van der Waals surface area contributed by atoms with E-state index in [9.17, 15) is 0 Å². The van der Waals surface area contributed by atoms with Gasteiger partial charge in [0.1, 0.15) is 24.8 Å². The van der Waals surface area contributed by atoms with Gasteiger partial charge < -0.3 is 15.0 Å². The lowest BCUT2D eigenvalue weighted by Gasteiger charge is -2.22. The maximum atomic E-state index is 5.88. The van der Waals surface area contributed by atoms with Gasteiger partial charge in [-0.1, -0.05) is 58.8 Å². The molecule has 3 N–H and O–H groups in total. The SMILES string of the molecule is CN=C(COc1ccc(/C(C)=N/OCc2c(C(C)C)cc(C(C)C)cc2C(C)C)cc1)NN. The van der Waals surface area contributed by atoms with Gasteiger partial charge in [-0.05, 0) is 76.8 Å². The molecule has 2 rings (SSSR count). The van der Waals surface area contributed by atoms with Crippen molar-refractivity contribution in [3.05, 3.63) is 64.2 Å². The van der Waals surface area contributed by atoms with Crippen LogP contribution in [0.15, 0.2) is 46.5 Å². The molecule has 0 aromatic heterocycles. The molecular weight excluding hydrogens is 412 g/mol. The van der Waals surface area contributed by atoms with E-state index in [1.807, 2.05) is 31.2 Å². The second-order valence-corrected chi connectivity index (χ2v) is 9.22. The summed E-state index contributed by atoms with van der Waals surface area (Å²) in [6, 6.07) is 12.4. The smallest absolute Gasteiger partial charge is 0.149 e. The topological polar surface area (TPSA) is 81.2 Å². The van der Waals surface area contributed by atoms with Crippen LogP contribution >= 0.6 is 0 Å². The molecule has 0 amide bonds. The van der Waals surface area contributed by atoms with Gasteiger partial charge in [0.15, 0.2) is 0 Å². The van der Waals surface area contributed by atoms with Gasteiger partial charge in [0.05, 0.1) is 5.71 Å². The quantitative estimate of drug-likeness (QED) is 0.204. The monoisotopic (exact) mass is 452 g/mol. The molecule has 6 heteroatoms. The minimum atomic E-state index is 0.286. The van der Waals surface area contributed by atoms with Crippen LogP contribution in [0.2, 0.25) is 0 Å². The summed E-state index contributed by atoms with van der Waals surface area (Å²) in [4.78, 5) is 9.87. The Morgan fingerprint density at radius 1 is 0.939 bits per heavy atom. The number of amidine groups is 1. The zero-order chi connectivity index (χ0) is 24.5. The first kappa shape index (κ1) is 26.4. The Hall–Kier alpha value is -2.86. The predicted octanol–water partition coefficient (Wildman–Crippen LogP) is 5.87. The average molecular weight is 453 g/mol. The van der Waals surface area contributed by atoms with Crippen LogP contribution in [0.4, 0.5) is 0 Å². The summed E-state index contributed by atoms with van der Waals surface area (Å²) in [5.41, 5.74) is 9.64. The molecule has 0 spiro atoms. The number of nitrogens with two attached hydrogens (primary N) is 1. The number of nitrogens with zero attached hydrogens (tertiary/aromatic N) is 2. The Morgan fingerprint density at radius 3 is 1.97 bits per heavy atom. The number of hydrazine groups is 1. The molecule has 0 fully saturated rings. The van der Waals surface area contributed by atoms with Crippen LogP contribution in [0.1, 0.15) is 94.0 Å². The van der Waals surface area contributed by atoms with Crippen molar-refractivity contribution in [3.8, 4) is 5.75 Å². The van der Waals surface area contributed by atoms with E-state index < -0.39 is 0 Å². The molecule has 0 aliphatic heterocycles. The number of hydrogen-bond acceptors (Lipinski definition) is 5. The standard InChI is InChI=1S/C27H40N4O2/c1-17(2)22-13-24(18(3)4)26(25(14-22)19(5)6)15-33-31-20(7)21-9-11-23(12-10-21)32-16-27(29-8)30-28/h9-14,17-19H,15-16,28H2,1-8H3,(H,29,30)/b31-20+. The minimum Gasteiger partial charge on any atom is -0.486 e. The van der Waals surface area contributed by atoms with Crippen molar-refractivity contribution in [1.82, 2.24) is 5.43 Å². The van der Waals surface area contributed by atoms with Gasteiger partial charge in [-0.25, -0.2) is 5.84 Å². The second-order valence-electron chi connectivity index (χ2n) is 9.22. The Labute approximate surface area is 199 Å². The summed E-state index contributed by atoms with van der Waals surface area (Å²) in [5, 5.41) is 4.41. The molecule has 33 heavy (non-hydrogen) atoms. The van der Waals surface area contributed by atoms with E-state index in [0.29, 0.717) is 30.2 Å². The highest BCUT2D eigenvalue weighted by molar-refractivity contribution is 5.98. The highest BCUT2D eigenvalue weighted by atomic mass is 16.6. The third-order valence-corrected chi connectivity index (χ3v) is 5.75. The fourth-order valence-electron chi connectivity index (χ4n) is 3.63. The van der Waals surface area contributed by atoms with E-state index >= 15 is 0 Å². The summed E-state index contributed by atoms with van der Waals surface area (Å²) in [5.74, 6) is 8.03. The number of oxime groups is 1. The van der Waals surface area contributed by atoms with E-state index in [-0.39, 0.29) is 6.61 Å². The predicted molar refractivity (Wildman–Crippen MR) is 138 cm³/mol. The third kappa shape index (κ3) is 7.32. The van der Waals surface area contributed by atoms with Crippen LogP contribution in [0.25, 0.3) is 0 Å². The number of ether oxygens (including phenoxy) is 1. The maximum Gasteiger partial charge on any atom is 0.149 e. The van der Waals surface area contributed by atoms with Gasteiger partial charge in [-0.15, -0.1) is 0 Å². The molecule has 180 valence electrons. The van der Waals surface area contributed by atoms with E-state index in [0.717, 1.165) is 17.0 Å². The highest BCUT2D eigenvalue weighted by Gasteiger charge is 2.17. The van der Waals surface area contributed by atoms with Crippen LogP contribution in [-0.4, -0.2) is 25.2 Å². The summed E-state index contributed by atoms with van der Waals surface area (Å²) < 4.78 is 5.68. The van der Waals surface area contributed by atoms with Crippen LogP contribution in [-0.2, 0) is 11.4 Å². The fourth-order valence-corrected chi connectivity index (χ4v) is 3.63. The van der Waals surface area contributed by atoms with Crippen molar-refractivity contribution in [1.29, 1.82) is 0 Å². The molecule has 0 aliphatic carbocycles. The largest absolute Gasteiger partial charge is 0.486 e. The maximum absolute atomic E-state index is 5.88. The third-order valence-electron chi connectivity index (χ3n) is 5.75. The molecule has 0 saturated heterocycles. The molecule has 0 heterocycles. The van der Waals surface area contributed by atoms with E-state index in [1.165, 1.54) is 22.3 Å². The molecule has 6 nitrogen and oxygen atoms in total. The molecular formula is C27H40N4O2. The van der Waals surface area contributed by atoms with Crippen LogP contribution in [0.5, 0.6) is 5.75 Å². The molecule has 0 bridgehead atoms. The van der Waals surface area contributed by atoms with Gasteiger partial charge in [-0.2, -0.15) is 0 Å². The van der Waals surface area contributed by atoms with Crippen molar-refractivity contribution in [2.24, 2.45) is 16.0 Å². The number of rotatable bonds is 10. The van der Waals surface area contributed by atoms with Crippen molar-refractivity contribution < 1.29 is 9.57 Å². The normalized spacial score (nSPS) is 12.6. The summed E-state index contributed by atoms with van der Waals surface area (Å²) in [7, 11) is 1.66. The fraction of sp³-hybridized carbons (Fsp3) is 0.481. The van der Waals surface area contributed by atoms with Crippen molar-refractivity contribution in [2.75, 3.05) is 13.7 Å². The van der Waals surface area contributed by atoms with Gasteiger partial charge >= 0.3 is 0 Å². The molecule has 2 aromatic carbocycles. The first-order valence-corrected chi connectivity index (χ1v) is 11.7. The summed E-state index contributed by atoms with van der Waals surface area (Å²) >= 11 is 0. The van der Waals surface area contributed by atoms with Gasteiger partial charge in [-0.3, -0.25) is 4.99 Å². The lowest BCUT2D eigenvalue weighted by molar-refractivity contribution is 0.129. The summed E-state index contributed by atoms with van der Waals surface area (Å²) in [6.07, 6.45) is 0. The molecule has 0 unspecified atom stereocenters. The highest BCUT2D eigenvalue weighted by Crippen LogP contribution is 2.32. The number of benzene rings is 2. The van der Waals surface area contributed by atoms with Crippen molar-refractivity contribution >= 4 is 11.5 Å². The van der Waals surface area contributed by atoms with Crippen LogP contribution in [0, 0.1) is 0 Å². The Bertz CT molecular complexity index is 932. The Kier molecular flexibility index (Phi) is 9.92. The molecule has 0 atom stereocenters. The number of aliphatic imine (C=N–C) groups is 1. The first-order valence-electron chi connectivity index (χ1n) is 11.7. The molecule has 0 radical (unpaired) electrons. The van der Waals surface area contributed by atoms with Gasteiger partial charge in [0.2, 0.25) is 0 Å². The molecule has 0 aliphatic rings. The Balaban J connectivity index is 2.15. The van der Waals surface area contributed by atoms with Gasteiger partial charge in [0, 0.05) is 7.05 Å². The van der Waals surface area contributed by atoms with Crippen molar-refractivity contribution in [3.63, 3.8) is 0 Å². The zero-order valence-corrected chi connectivity index (χ0v) is 21.4. The van der Waals surface area contributed by atoms with E-state index in [4.69, 9.17) is 15.4 Å². The zero-order valence-electron chi connectivity index (χ0n) is 21.4. The van der Waals surface area contributed by atoms with Gasteiger partial charge in [0.25, 0.3) is 0 Å². The summed E-state index contributed by atoms with van der Waals surface area (Å²) in [6.45, 7) is 16.1. The Morgan fingerprint density at radius 2 is 1.52 bits per heavy atom. The van der Waals surface area contributed by atoms with E-state index in [2.05, 4.69) is 69.2 Å². The van der Waals surface area contributed by atoms with Crippen LogP contribution in [0.3, 0.4) is 0 Å².